The average molecular weight is 246 g/mol. The van der Waals surface area contributed by atoms with Crippen molar-refractivity contribution < 1.29 is 9.90 Å². The molecule has 2 heteroatoms. The van der Waals surface area contributed by atoms with Crippen LogP contribution in [-0.2, 0) is 0 Å². The van der Waals surface area contributed by atoms with Crippen LogP contribution >= 0.6 is 0 Å². The summed E-state index contributed by atoms with van der Waals surface area (Å²) in [7, 11) is 0. The zero-order chi connectivity index (χ0) is 13.2. The fourth-order valence-corrected chi connectivity index (χ4v) is 1.93. The molecule has 0 aliphatic heterocycles. The molecule has 0 saturated heterocycles. The van der Waals surface area contributed by atoms with Crippen LogP contribution in [0.5, 0.6) is 5.75 Å². The second-order valence-corrected chi connectivity index (χ2v) is 4.57. The van der Waals surface area contributed by atoms with Gasteiger partial charge in [0, 0.05) is 12.0 Å². The Labute approximate surface area is 109 Å². The summed E-state index contributed by atoms with van der Waals surface area (Å²) in [6, 6.07) is 6.58. The molecule has 0 amide bonds. The topological polar surface area (TPSA) is 37.3 Å². The number of rotatable bonds is 9. The van der Waals surface area contributed by atoms with Gasteiger partial charge in [-0.05, 0) is 31.4 Å². The zero-order valence-electron chi connectivity index (χ0n) is 10.9. The monoisotopic (exact) mass is 246 g/mol. The number of aromatic hydroxyl groups is 1. The highest BCUT2D eigenvalue weighted by Gasteiger charge is 2.05. The lowest BCUT2D eigenvalue weighted by Gasteiger charge is -2.02. The summed E-state index contributed by atoms with van der Waals surface area (Å²) >= 11 is 0. The molecule has 98 valence electrons. The molecule has 0 bridgehead atoms. The maximum atomic E-state index is 11.8. The van der Waals surface area contributed by atoms with E-state index in [0.717, 1.165) is 19.3 Å². The summed E-state index contributed by atoms with van der Waals surface area (Å²) in [5.41, 5.74) is 0.613. The van der Waals surface area contributed by atoms with Crippen molar-refractivity contribution in [3.63, 3.8) is 0 Å². The minimum absolute atomic E-state index is 0.122. The van der Waals surface area contributed by atoms with Crippen LogP contribution in [0.2, 0.25) is 0 Å². The number of phenolic OH excluding ortho intramolecular Hbond substituents is 1. The predicted octanol–water partition coefficient (Wildman–Crippen LogP) is 4.49. The van der Waals surface area contributed by atoms with E-state index in [1.165, 1.54) is 25.3 Å². The SMILES string of the molecule is C=CCCCCCCCC(=O)c1cccc(O)c1. The van der Waals surface area contributed by atoms with Crippen molar-refractivity contribution in [2.24, 2.45) is 0 Å². The number of hydrogen-bond donors (Lipinski definition) is 1. The van der Waals surface area contributed by atoms with Crippen molar-refractivity contribution in [3.05, 3.63) is 42.5 Å². The Bertz CT molecular complexity index is 382. The van der Waals surface area contributed by atoms with E-state index in [1.807, 2.05) is 6.08 Å². The lowest BCUT2D eigenvalue weighted by molar-refractivity contribution is 0.0978. The van der Waals surface area contributed by atoms with Crippen LogP contribution in [0, 0.1) is 0 Å². The number of benzene rings is 1. The van der Waals surface area contributed by atoms with E-state index in [4.69, 9.17) is 0 Å². The van der Waals surface area contributed by atoms with Crippen LogP contribution in [0.15, 0.2) is 36.9 Å². The molecule has 0 fully saturated rings. The van der Waals surface area contributed by atoms with E-state index in [0.29, 0.717) is 12.0 Å². The summed E-state index contributed by atoms with van der Waals surface area (Å²) in [4.78, 5) is 11.8. The number of allylic oxidation sites excluding steroid dienone is 1. The van der Waals surface area contributed by atoms with Crippen LogP contribution in [0.25, 0.3) is 0 Å². The van der Waals surface area contributed by atoms with Gasteiger partial charge >= 0.3 is 0 Å². The number of carbonyl (C=O) groups excluding carboxylic acids is 1. The molecular formula is C16H22O2. The molecule has 0 aliphatic rings. The second-order valence-electron chi connectivity index (χ2n) is 4.57. The van der Waals surface area contributed by atoms with Crippen molar-refractivity contribution in [2.45, 2.75) is 44.9 Å². The molecule has 1 rings (SSSR count). The highest BCUT2D eigenvalue weighted by atomic mass is 16.3. The van der Waals surface area contributed by atoms with Gasteiger partial charge in [0.2, 0.25) is 0 Å². The summed E-state index contributed by atoms with van der Waals surface area (Å²) < 4.78 is 0. The van der Waals surface area contributed by atoms with Crippen molar-refractivity contribution in [1.29, 1.82) is 0 Å². The predicted molar refractivity (Wildman–Crippen MR) is 75.0 cm³/mol. The van der Waals surface area contributed by atoms with Crippen LogP contribution < -0.4 is 0 Å². The number of phenols is 1. The molecule has 1 N–H and O–H groups in total. The van der Waals surface area contributed by atoms with Gasteiger partial charge in [-0.25, -0.2) is 0 Å². The smallest absolute Gasteiger partial charge is 0.163 e. The quantitative estimate of drug-likeness (QED) is 0.396. The molecule has 1 aromatic carbocycles. The zero-order valence-corrected chi connectivity index (χ0v) is 10.9. The standard InChI is InChI=1S/C16H22O2/c1-2-3-4-5-6-7-8-12-16(18)14-10-9-11-15(17)13-14/h2,9-11,13,17H,1,3-8,12H2. The largest absolute Gasteiger partial charge is 0.508 e. The highest BCUT2D eigenvalue weighted by molar-refractivity contribution is 5.96. The Kier molecular flexibility index (Phi) is 6.85. The molecule has 18 heavy (non-hydrogen) atoms. The van der Waals surface area contributed by atoms with Gasteiger partial charge in [0.1, 0.15) is 5.75 Å². The van der Waals surface area contributed by atoms with E-state index in [2.05, 4.69) is 6.58 Å². The fraction of sp³-hybridized carbons (Fsp3) is 0.438. The minimum Gasteiger partial charge on any atom is -0.508 e. The number of ketones is 1. The number of hydrogen-bond acceptors (Lipinski definition) is 2. The van der Waals surface area contributed by atoms with Crippen LogP contribution in [0.4, 0.5) is 0 Å². The first-order valence-corrected chi connectivity index (χ1v) is 6.67. The summed E-state index contributed by atoms with van der Waals surface area (Å²) in [5, 5.41) is 9.29. The van der Waals surface area contributed by atoms with E-state index in [9.17, 15) is 9.90 Å². The minimum atomic E-state index is 0.122. The molecule has 0 unspecified atom stereocenters. The maximum absolute atomic E-state index is 11.8. The van der Waals surface area contributed by atoms with E-state index in [1.54, 1.807) is 18.2 Å². The first kappa shape index (κ1) is 14.5. The van der Waals surface area contributed by atoms with Gasteiger partial charge in [-0.2, -0.15) is 0 Å². The Morgan fingerprint density at radius 2 is 1.89 bits per heavy atom. The van der Waals surface area contributed by atoms with Gasteiger partial charge < -0.3 is 5.11 Å². The first-order valence-electron chi connectivity index (χ1n) is 6.67. The van der Waals surface area contributed by atoms with Crippen LogP contribution in [0.3, 0.4) is 0 Å². The second kappa shape index (κ2) is 8.51. The summed E-state index contributed by atoms with van der Waals surface area (Å²) in [6.07, 6.45) is 9.24. The summed E-state index contributed by atoms with van der Waals surface area (Å²) in [6.45, 7) is 3.69. The maximum Gasteiger partial charge on any atom is 0.163 e. The number of Topliss-reactive ketones (excluding diaryl/α,β-unsaturated/α-hetero) is 1. The molecule has 1 aromatic rings. The molecule has 0 atom stereocenters. The Morgan fingerprint density at radius 3 is 2.61 bits per heavy atom. The molecule has 0 aliphatic carbocycles. The van der Waals surface area contributed by atoms with Crippen molar-refractivity contribution in [3.8, 4) is 5.75 Å². The first-order chi connectivity index (χ1) is 8.74. The Morgan fingerprint density at radius 1 is 1.17 bits per heavy atom. The van der Waals surface area contributed by atoms with Crippen molar-refractivity contribution in [1.82, 2.24) is 0 Å². The summed E-state index contributed by atoms with van der Waals surface area (Å²) in [5.74, 6) is 0.280. The molecule has 0 aromatic heterocycles. The van der Waals surface area contributed by atoms with Gasteiger partial charge in [-0.1, -0.05) is 37.5 Å². The van der Waals surface area contributed by atoms with Crippen LogP contribution in [-0.4, -0.2) is 10.9 Å². The van der Waals surface area contributed by atoms with E-state index < -0.39 is 0 Å². The molecule has 0 spiro atoms. The third-order valence-electron chi connectivity index (χ3n) is 2.98. The normalized spacial score (nSPS) is 10.2. The molecule has 2 nitrogen and oxygen atoms in total. The molecule has 0 saturated carbocycles. The van der Waals surface area contributed by atoms with Gasteiger partial charge in [-0.3, -0.25) is 4.79 Å². The number of carbonyl (C=O) groups is 1. The van der Waals surface area contributed by atoms with Gasteiger partial charge in [0.05, 0.1) is 0 Å². The third kappa shape index (κ3) is 5.67. The van der Waals surface area contributed by atoms with E-state index >= 15 is 0 Å². The lowest BCUT2D eigenvalue weighted by Crippen LogP contribution is -1.98. The Hall–Kier alpha value is -1.57. The van der Waals surface area contributed by atoms with Gasteiger partial charge in [-0.15, -0.1) is 6.58 Å². The molecular weight excluding hydrogens is 224 g/mol. The number of unbranched alkanes of at least 4 members (excludes halogenated alkanes) is 5. The van der Waals surface area contributed by atoms with Crippen LogP contribution in [0.1, 0.15) is 55.3 Å². The third-order valence-corrected chi connectivity index (χ3v) is 2.98. The van der Waals surface area contributed by atoms with Crippen molar-refractivity contribution in [2.75, 3.05) is 0 Å². The van der Waals surface area contributed by atoms with Gasteiger partial charge in [0.15, 0.2) is 5.78 Å². The lowest BCUT2D eigenvalue weighted by atomic mass is 10.0. The molecule has 0 radical (unpaired) electrons. The molecule has 0 heterocycles. The highest BCUT2D eigenvalue weighted by Crippen LogP contribution is 2.15. The van der Waals surface area contributed by atoms with Gasteiger partial charge in [0.25, 0.3) is 0 Å². The Balaban J connectivity index is 2.16. The van der Waals surface area contributed by atoms with Crippen molar-refractivity contribution >= 4 is 5.78 Å². The van der Waals surface area contributed by atoms with E-state index in [-0.39, 0.29) is 11.5 Å². The average Bonchev–Trinajstić information content (AvgIpc) is 2.37. The fourth-order valence-electron chi connectivity index (χ4n) is 1.93.